The molecule has 1 aromatic rings. The molecule has 0 saturated heterocycles. The first-order valence-electron chi connectivity index (χ1n) is 4.70. The molecule has 1 atom stereocenters. The molecule has 0 radical (unpaired) electrons. The van der Waals surface area contributed by atoms with Gasteiger partial charge in [-0.25, -0.2) is 9.79 Å². The van der Waals surface area contributed by atoms with E-state index in [1.165, 1.54) is 6.08 Å². The van der Waals surface area contributed by atoms with Gasteiger partial charge in [0.25, 0.3) is 0 Å². The summed E-state index contributed by atoms with van der Waals surface area (Å²) in [6, 6.07) is 7.12. The molecule has 15 heavy (non-hydrogen) atoms. The zero-order valence-electron chi connectivity index (χ0n) is 8.43. The number of hydrogen-bond donors (Lipinski definition) is 0. The Balaban J connectivity index is 2.40. The molecule has 0 fully saturated rings. The third kappa shape index (κ3) is 1.68. The summed E-state index contributed by atoms with van der Waals surface area (Å²) in [4.78, 5) is 15.7. The molecule has 0 bridgehead atoms. The largest absolute Gasteiger partial charge is 0.406 e. The van der Waals surface area contributed by atoms with Crippen LogP contribution >= 0.6 is 0 Å². The predicted octanol–water partition coefficient (Wildman–Crippen LogP) is 2.18. The predicted molar refractivity (Wildman–Crippen MR) is 57.6 cm³/mol. The van der Waals surface area contributed by atoms with Gasteiger partial charge in [0.05, 0.1) is 0 Å². The van der Waals surface area contributed by atoms with Crippen molar-refractivity contribution in [3.63, 3.8) is 0 Å². The van der Waals surface area contributed by atoms with E-state index in [1.807, 2.05) is 31.2 Å². The lowest BCUT2D eigenvalue weighted by Gasteiger charge is -2.06. The maximum Gasteiger partial charge on any atom is 0.342 e. The molecule has 3 heteroatoms. The smallest absolute Gasteiger partial charge is 0.342 e. The summed E-state index contributed by atoms with van der Waals surface area (Å²) in [6.07, 6.45) is 1.44. The Bertz CT molecular complexity index is 449. The van der Waals surface area contributed by atoms with Gasteiger partial charge in [-0.3, -0.25) is 0 Å². The lowest BCUT2D eigenvalue weighted by atomic mass is 10.0. The molecule has 0 spiro atoms. The Labute approximate surface area is 88.1 Å². The number of carbonyl (C=O) groups is 1. The summed E-state index contributed by atoms with van der Waals surface area (Å²) in [5.74, 6) is -0.0348. The first kappa shape index (κ1) is 9.65. The molecule has 1 aromatic carbocycles. The summed E-state index contributed by atoms with van der Waals surface area (Å²) in [6.45, 7) is 5.47. The van der Waals surface area contributed by atoms with E-state index in [4.69, 9.17) is 4.74 Å². The number of benzene rings is 1. The summed E-state index contributed by atoms with van der Waals surface area (Å²) < 4.78 is 4.93. The zero-order chi connectivity index (χ0) is 10.8. The van der Waals surface area contributed by atoms with E-state index < -0.39 is 6.04 Å². The molecule has 0 amide bonds. The molecule has 1 aliphatic heterocycles. The first-order chi connectivity index (χ1) is 7.22. The van der Waals surface area contributed by atoms with Crippen LogP contribution in [0.1, 0.15) is 17.2 Å². The number of aliphatic imine (C=N–C) groups is 1. The summed E-state index contributed by atoms with van der Waals surface area (Å²) in [7, 11) is 0. The van der Waals surface area contributed by atoms with Crippen molar-refractivity contribution < 1.29 is 9.53 Å². The van der Waals surface area contributed by atoms with Crippen molar-refractivity contribution in [3.05, 3.63) is 48.0 Å². The van der Waals surface area contributed by atoms with Gasteiger partial charge >= 0.3 is 5.97 Å². The van der Waals surface area contributed by atoms with Crippen LogP contribution in [-0.4, -0.2) is 11.9 Å². The van der Waals surface area contributed by atoms with E-state index in [1.54, 1.807) is 0 Å². The number of nitrogens with zero attached hydrogens (tertiary/aromatic N) is 1. The van der Waals surface area contributed by atoms with Crippen LogP contribution in [0.4, 0.5) is 0 Å². The molecule has 1 unspecified atom stereocenters. The van der Waals surface area contributed by atoms with Gasteiger partial charge in [0.2, 0.25) is 5.90 Å². The van der Waals surface area contributed by atoms with Crippen molar-refractivity contribution in [2.75, 3.05) is 0 Å². The van der Waals surface area contributed by atoms with Crippen LogP contribution in [0.2, 0.25) is 0 Å². The van der Waals surface area contributed by atoms with Crippen LogP contribution in [0.15, 0.2) is 41.9 Å². The Morgan fingerprint density at radius 2 is 2.20 bits per heavy atom. The van der Waals surface area contributed by atoms with Crippen LogP contribution in [0.5, 0.6) is 0 Å². The highest BCUT2D eigenvalue weighted by atomic mass is 16.6. The van der Waals surface area contributed by atoms with Gasteiger partial charge in [-0.05, 0) is 24.1 Å². The van der Waals surface area contributed by atoms with Crippen LogP contribution in [0.25, 0.3) is 0 Å². The van der Waals surface area contributed by atoms with E-state index >= 15 is 0 Å². The van der Waals surface area contributed by atoms with E-state index in [-0.39, 0.29) is 5.97 Å². The molecule has 76 valence electrons. The number of aryl methyl sites for hydroxylation is 1. The zero-order valence-corrected chi connectivity index (χ0v) is 8.43. The quantitative estimate of drug-likeness (QED) is 0.688. The SMILES string of the molecule is C=CC1=NC(c2ccccc2C)C(=O)O1. The minimum absolute atomic E-state index is 0.299. The van der Waals surface area contributed by atoms with Crippen molar-refractivity contribution in [3.8, 4) is 0 Å². The molecule has 0 N–H and O–H groups in total. The topological polar surface area (TPSA) is 38.7 Å². The van der Waals surface area contributed by atoms with Gasteiger partial charge in [0.1, 0.15) is 0 Å². The summed E-state index contributed by atoms with van der Waals surface area (Å²) in [5, 5.41) is 0. The molecule has 0 aliphatic carbocycles. The molecule has 0 saturated carbocycles. The number of rotatable bonds is 2. The second kappa shape index (κ2) is 3.69. The Hall–Kier alpha value is -1.90. The maximum absolute atomic E-state index is 11.5. The lowest BCUT2D eigenvalue weighted by Crippen LogP contribution is -2.08. The summed E-state index contributed by atoms with van der Waals surface area (Å²) >= 11 is 0. The highest BCUT2D eigenvalue weighted by molar-refractivity contribution is 6.02. The Kier molecular flexibility index (Phi) is 2.37. The maximum atomic E-state index is 11.5. The molecule has 2 rings (SSSR count). The number of esters is 1. The van der Waals surface area contributed by atoms with Gasteiger partial charge in [-0.2, -0.15) is 0 Å². The number of cyclic esters (lactones) is 1. The van der Waals surface area contributed by atoms with Crippen molar-refractivity contribution in [2.45, 2.75) is 13.0 Å². The van der Waals surface area contributed by atoms with E-state index in [0.29, 0.717) is 5.90 Å². The molecule has 0 aromatic heterocycles. The average Bonchev–Trinajstić information content (AvgIpc) is 2.60. The van der Waals surface area contributed by atoms with Crippen molar-refractivity contribution in [1.29, 1.82) is 0 Å². The molecule has 1 heterocycles. The fourth-order valence-corrected chi connectivity index (χ4v) is 1.55. The van der Waals surface area contributed by atoms with Crippen molar-refractivity contribution in [2.24, 2.45) is 4.99 Å². The Morgan fingerprint density at radius 1 is 1.47 bits per heavy atom. The van der Waals surface area contributed by atoms with Crippen LogP contribution in [-0.2, 0) is 9.53 Å². The van der Waals surface area contributed by atoms with E-state index in [0.717, 1.165) is 11.1 Å². The van der Waals surface area contributed by atoms with Gasteiger partial charge in [-0.1, -0.05) is 30.8 Å². The van der Waals surface area contributed by atoms with Crippen molar-refractivity contribution in [1.82, 2.24) is 0 Å². The van der Waals surface area contributed by atoms with Gasteiger partial charge in [0.15, 0.2) is 6.04 Å². The molecular formula is C12H11NO2. The Morgan fingerprint density at radius 3 is 2.80 bits per heavy atom. The second-order valence-corrected chi connectivity index (χ2v) is 3.35. The third-order valence-corrected chi connectivity index (χ3v) is 2.34. The number of carbonyl (C=O) groups excluding carboxylic acids is 1. The molecule has 1 aliphatic rings. The van der Waals surface area contributed by atoms with E-state index in [9.17, 15) is 4.79 Å². The third-order valence-electron chi connectivity index (χ3n) is 2.34. The molecular weight excluding hydrogens is 190 g/mol. The normalized spacial score (nSPS) is 19.7. The minimum atomic E-state index is -0.529. The van der Waals surface area contributed by atoms with E-state index in [2.05, 4.69) is 11.6 Å². The monoisotopic (exact) mass is 201 g/mol. The van der Waals surface area contributed by atoms with Crippen LogP contribution < -0.4 is 0 Å². The van der Waals surface area contributed by atoms with Gasteiger partial charge in [-0.15, -0.1) is 0 Å². The lowest BCUT2D eigenvalue weighted by molar-refractivity contribution is -0.135. The highest BCUT2D eigenvalue weighted by Crippen LogP contribution is 2.26. The van der Waals surface area contributed by atoms with Crippen molar-refractivity contribution >= 4 is 11.9 Å². The number of hydrogen-bond acceptors (Lipinski definition) is 3. The first-order valence-corrected chi connectivity index (χ1v) is 4.70. The highest BCUT2D eigenvalue weighted by Gasteiger charge is 2.29. The summed E-state index contributed by atoms with van der Waals surface area (Å²) in [5.41, 5.74) is 1.92. The second-order valence-electron chi connectivity index (χ2n) is 3.35. The fraction of sp³-hybridized carbons (Fsp3) is 0.167. The van der Waals surface area contributed by atoms with Crippen LogP contribution in [0, 0.1) is 6.92 Å². The number of ether oxygens (including phenoxy) is 1. The molecule has 3 nitrogen and oxygen atoms in total. The standard InChI is InChI=1S/C12H11NO2/c1-3-10-13-11(12(14)15-10)9-7-5-4-6-8(9)2/h3-7,11H,1H2,2H3. The average molecular weight is 201 g/mol. The van der Waals surface area contributed by atoms with Gasteiger partial charge < -0.3 is 4.74 Å². The minimum Gasteiger partial charge on any atom is -0.406 e. The van der Waals surface area contributed by atoms with Gasteiger partial charge in [0, 0.05) is 0 Å². The van der Waals surface area contributed by atoms with Crippen LogP contribution in [0.3, 0.4) is 0 Å². The fourth-order valence-electron chi connectivity index (χ4n) is 1.55.